The molecule has 0 bridgehead atoms. The van der Waals surface area contributed by atoms with E-state index in [1.807, 2.05) is 60.7 Å². The van der Waals surface area contributed by atoms with Crippen LogP contribution in [0.4, 0.5) is 0 Å². The zero-order valence-electron chi connectivity index (χ0n) is 29.8. The summed E-state index contributed by atoms with van der Waals surface area (Å²) in [5.74, 6) is 2.21. The lowest BCUT2D eigenvalue weighted by Crippen LogP contribution is -2.01. The summed E-state index contributed by atoms with van der Waals surface area (Å²) in [7, 11) is 0. The standard InChI is InChI=1S/C50H35N3O/c1-32-15-14-24-42-41(32)25-26-45-46(42)43-30-40(39-28-37(33-16-6-2-7-17-33)27-38(29-39)34-18-8-3-9-19-34)31-44(47(43)54-45)50-52-48(35-20-10-4-11-21-35)51-49(53-50)36-22-12-5-13-23-36/h2-14,16-32H,15H2,1H3. The highest BCUT2D eigenvalue weighted by Crippen LogP contribution is 2.44. The molecule has 10 rings (SSSR count). The van der Waals surface area contributed by atoms with Gasteiger partial charge in [0.05, 0.1) is 5.56 Å². The van der Waals surface area contributed by atoms with Crippen molar-refractivity contribution in [2.45, 2.75) is 19.3 Å². The highest BCUT2D eigenvalue weighted by molar-refractivity contribution is 6.14. The number of hydrogen-bond donors (Lipinski definition) is 0. The zero-order valence-corrected chi connectivity index (χ0v) is 29.8. The maximum absolute atomic E-state index is 6.87. The minimum absolute atomic E-state index is 0.420. The van der Waals surface area contributed by atoms with Crippen LogP contribution in [0.15, 0.2) is 174 Å². The Hall–Kier alpha value is -6.91. The molecule has 1 aliphatic carbocycles. The number of fused-ring (bicyclic) bond motifs is 5. The molecule has 0 radical (unpaired) electrons. The molecular weight excluding hydrogens is 659 g/mol. The van der Waals surface area contributed by atoms with Gasteiger partial charge in [0, 0.05) is 21.9 Å². The molecule has 1 unspecified atom stereocenters. The normalized spacial score (nSPS) is 13.7. The van der Waals surface area contributed by atoms with Crippen molar-refractivity contribution in [3.05, 3.63) is 181 Å². The van der Waals surface area contributed by atoms with Crippen LogP contribution in [0.1, 0.15) is 30.4 Å². The second-order valence-electron chi connectivity index (χ2n) is 14.1. The zero-order chi connectivity index (χ0) is 36.0. The largest absolute Gasteiger partial charge is 0.455 e. The first-order chi connectivity index (χ1) is 26.7. The van der Waals surface area contributed by atoms with Crippen LogP contribution in [0.3, 0.4) is 0 Å². The third kappa shape index (κ3) is 5.69. The molecule has 256 valence electrons. The highest BCUT2D eigenvalue weighted by atomic mass is 16.3. The molecule has 0 saturated heterocycles. The first-order valence-electron chi connectivity index (χ1n) is 18.5. The van der Waals surface area contributed by atoms with Crippen LogP contribution in [-0.4, -0.2) is 15.0 Å². The van der Waals surface area contributed by atoms with Gasteiger partial charge in [-0.15, -0.1) is 0 Å². The van der Waals surface area contributed by atoms with Gasteiger partial charge in [-0.25, -0.2) is 15.0 Å². The van der Waals surface area contributed by atoms with Gasteiger partial charge in [0.2, 0.25) is 0 Å². The van der Waals surface area contributed by atoms with Crippen molar-refractivity contribution in [3.8, 4) is 67.5 Å². The Morgan fingerprint density at radius 3 is 1.52 bits per heavy atom. The first-order valence-corrected chi connectivity index (χ1v) is 18.5. The topological polar surface area (TPSA) is 51.8 Å². The average molecular weight is 694 g/mol. The maximum Gasteiger partial charge on any atom is 0.167 e. The predicted molar refractivity (Wildman–Crippen MR) is 222 cm³/mol. The number of nitrogens with zero attached hydrogens (tertiary/aromatic N) is 3. The van der Waals surface area contributed by atoms with Crippen LogP contribution in [0.25, 0.3) is 95.6 Å². The van der Waals surface area contributed by atoms with E-state index in [2.05, 4.69) is 122 Å². The summed E-state index contributed by atoms with van der Waals surface area (Å²) < 4.78 is 6.87. The molecule has 0 aliphatic heterocycles. The van der Waals surface area contributed by atoms with Gasteiger partial charge in [0.15, 0.2) is 17.5 Å². The third-order valence-corrected chi connectivity index (χ3v) is 10.5. The van der Waals surface area contributed by atoms with Gasteiger partial charge in [-0.3, -0.25) is 0 Å². The van der Waals surface area contributed by atoms with Gasteiger partial charge in [-0.05, 0) is 93.2 Å². The number of aromatic nitrogens is 3. The molecule has 4 nitrogen and oxygen atoms in total. The fraction of sp³-hybridized carbons (Fsp3) is 0.0600. The molecule has 7 aromatic carbocycles. The van der Waals surface area contributed by atoms with Crippen LogP contribution in [0.2, 0.25) is 0 Å². The predicted octanol–water partition coefficient (Wildman–Crippen LogP) is 13.3. The number of allylic oxidation sites excluding steroid dienone is 1. The van der Waals surface area contributed by atoms with E-state index in [0.29, 0.717) is 23.4 Å². The maximum atomic E-state index is 6.87. The van der Waals surface area contributed by atoms with Crippen molar-refractivity contribution < 1.29 is 4.42 Å². The lowest BCUT2D eigenvalue weighted by atomic mass is 9.85. The molecule has 4 heteroatoms. The molecule has 2 heterocycles. The van der Waals surface area contributed by atoms with Crippen LogP contribution < -0.4 is 0 Å². The number of furan rings is 1. The summed E-state index contributed by atoms with van der Waals surface area (Å²) in [6.07, 6.45) is 5.58. The van der Waals surface area contributed by atoms with Crippen LogP contribution in [-0.2, 0) is 0 Å². The van der Waals surface area contributed by atoms with Crippen molar-refractivity contribution >= 4 is 28.0 Å². The summed E-state index contributed by atoms with van der Waals surface area (Å²) in [5.41, 5.74) is 13.6. The van der Waals surface area contributed by atoms with Gasteiger partial charge in [0.1, 0.15) is 11.2 Å². The molecule has 0 amide bonds. The lowest BCUT2D eigenvalue weighted by Gasteiger charge is -2.18. The summed E-state index contributed by atoms with van der Waals surface area (Å²) in [4.78, 5) is 15.4. The summed E-state index contributed by atoms with van der Waals surface area (Å²) in [6, 6.07) is 57.2. The van der Waals surface area contributed by atoms with E-state index in [1.165, 1.54) is 11.1 Å². The van der Waals surface area contributed by atoms with E-state index in [1.54, 1.807) is 0 Å². The van der Waals surface area contributed by atoms with Crippen molar-refractivity contribution in [2.75, 3.05) is 0 Å². The second-order valence-corrected chi connectivity index (χ2v) is 14.1. The van der Waals surface area contributed by atoms with Crippen molar-refractivity contribution in [3.63, 3.8) is 0 Å². The molecule has 54 heavy (non-hydrogen) atoms. The number of benzene rings is 7. The van der Waals surface area contributed by atoms with Crippen LogP contribution >= 0.6 is 0 Å². The Labute approximate surface area is 314 Å². The number of hydrogen-bond acceptors (Lipinski definition) is 4. The van der Waals surface area contributed by atoms with Crippen molar-refractivity contribution in [2.24, 2.45) is 0 Å². The Bertz CT molecular complexity index is 2730. The van der Waals surface area contributed by atoms with E-state index in [9.17, 15) is 0 Å². The molecule has 1 atom stereocenters. The lowest BCUT2D eigenvalue weighted by molar-refractivity contribution is 0.668. The summed E-state index contributed by atoms with van der Waals surface area (Å²) in [6.45, 7) is 2.30. The van der Waals surface area contributed by atoms with Gasteiger partial charge in [-0.1, -0.05) is 146 Å². The van der Waals surface area contributed by atoms with Gasteiger partial charge in [-0.2, -0.15) is 0 Å². The SMILES string of the molecule is CC1CC=Cc2c1ccc1oc3c(-c4nc(-c5ccccc5)nc(-c5ccccc5)n4)cc(-c4cc(-c5ccccc5)cc(-c5ccccc5)c4)cc3c21. The van der Waals surface area contributed by atoms with E-state index in [4.69, 9.17) is 19.4 Å². The fourth-order valence-corrected chi connectivity index (χ4v) is 7.79. The van der Waals surface area contributed by atoms with E-state index in [-0.39, 0.29) is 0 Å². The van der Waals surface area contributed by atoms with Gasteiger partial charge in [0.25, 0.3) is 0 Å². The monoisotopic (exact) mass is 693 g/mol. The Kier molecular flexibility index (Phi) is 7.80. The summed E-state index contributed by atoms with van der Waals surface area (Å²) >= 11 is 0. The Balaban J connectivity index is 1.29. The minimum Gasteiger partial charge on any atom is -0.455 e. The first kappa shape index (κ1) is 31.8. The Morgan fingerprint density at radius 1 is 0.481 bits per heavy atom. The van der Waals surface area contributed by atoms with E-state index >= 15 is 0 Å². The van der Waals surface area contributed by atoms with Crippen LogP contribution in [0.5, 0.6) is 0 Å². The molecule has 0 saturated carbocycles. The third-order valence-electron chi connectivity index (χ3n) is 10.5. The van der Waals surface area contributed by atoms with Gasteiger partial charge >= 0.3 is 0 Å². The molecular formula is C50H35N3O. The van der Waals surface area contributed by atoms with E-state index < -0.39 is 0 Å². The van der Waals surface area contributed by atoms with Crippen molar-refractivity contribution in [1.29, 1.82) is 0 Å². The molecule has 1 aliphatic rings. The smallest absolute Gasteiger partial charge is 0.167 e. The second kappa shape index (κ2) is 13.3. The molecule has 9 aromatic rings. The quantitative estimate of drug-likeness (QED) is 0.174. The highest BCUT2D eigenvalue weighted by Gasteiger charge is 2.24. The molecule has 0 fully saturated rings. The fourth-order valence-electron chi connectivity index (χ4n) is 7.79. The van der Waals surface area contributed by atoms with Crippen molar-refractivity contribution in [1.82, 2.24) is 15.0 Å². The number of rotatable bonds is 6. The van der Waals surface area contributed by atoms with Gasteiger partial charge < -0.3 is 4.42 Å². The Morgan fingerprint density at radius 2 is 0.963 bits per heavy atom. The molecule has 2 aromatic heterocycles. The average Bonchev–Trinajstić information content (AvgIpc) is 3.64. The minimum atomic E-state index is 0.420. The summed E-state index contributed by atoms with van der Waals surface area (Å²) in [5, 5.41) is 2.17. The van der Waals surface area contributed by atoms with E-state index in [0.717, 1.165) is 78.4 Å². The van der Waals surface area contributed by atoms with Crippen LogP contribution in [0, 0.1) is 0 Å². The molecule has 0 spiro atoms. The molecule has 0 N–H and O–H groups in total.